The Balaban J connectivity index is 2.50. The zero-order valence-corrected chi connectivity index (χ0v) is 16.3. The van der Waals surface area contributed by atoms with Crippen LogP contribution in [-0.2, 0) is 4.79 Å². The molecule has 0 radical (unpaired) electrons. The van der Waals surface area contributed by atoms with Crippen molar-refractivity contribution >= 4 is 12.0 Å². The van der Waals surface area contributed by atoms with E-state index in [1.807, 2.05) is 32.0 Å². The molecule has 5 heteroatoms. The van der Waals surface area contributed by atoms with Crippen molar-refractivity contribution in [2.24, 2.45) is 0 Å². The van der Waals surface area contributed by atoms with Crippen LogP contribution < -0.4 is 14.8 Å². The summed E-state index contributed by atoms with van der Waals surface area (Å²) < 4.78 is 11.0. The Bertz CT molecular complexity index is 568. The van der Waals surface area contributed by atoms with Crippen LogP contribution in [0.25, 0.3) is 6.08 Å². The molecular weight excluding hydrogens is 316 g/mol. The summed E-state index contributed by atoms with van der Waals surface area (Å²) in [4.78, 5) is 14.2. The number of carbonyl (C=O) groups is 1. The first-order valence-electron chi connectivity index (χ1n) is 8.84. The zero-order chi connectivity index (χ0) is 18.8. The Hall–Kier alpha value is -2.01. The molecule has 25 heavy (non-hydrogen) atoms. The molecule has 5 nitrogen and oxygen atoms in total. The van der Waals surface area contributed by atoms with Crippen molar-refractivity contribution < 1.29 is 14.3 Å². The molecule has 0 fully saturated rings. The van der Waals surface area contributed by atoms with E-state index >= 15 is 0 Å². The number of rotatable bonds is 10. The molecule has 1 amide bonds. The number of nitrogens with zero attached hydrogens (tertiary/aromatic N) is 1. The maximum Gasteiger partial charge on any atom is 0.243 e. The summed E-state index contributed by atoms with van der Waals surface area (Å²) in [6.45, 7) is 9.90. The molecule has 0 aliphatic rings. The molecule has 0 saturated carbocycles. The monoisotopic (exact) mass is 348 g/mol. The number of amides is 1. The standard InChI is InChI=1S/C20H32N2O3/c1-15(2)22(5)13-7-12-21-20(23)11-9-17-8-10-18(25-16(3)4)19(14-17)24-6/h8-11,14-16H,7,12-13H2,1-6H3,(H,21,23). The molecule has 0 aliphatic heterocycles. The molecule has 1 rings (SSSR count). The van der Waals surface area contributed by atoms with Gasteiger partial charge in [-0.25, -0.2) is 0 Å². The highest BCUT2D eigenvalue weighted by Gasteiger charge is 2.07. The largest absolute Gasteiger partial charge is 0.493 e. The number of carbonyl (C=O) groups excluding carboxylic acids is 1. The molecule has 0 aliphatic carbocycles. The lowest BCUT2D eigenvalue weighted by molar-refractivity contribution is -0.116. The molecule has 1 aromatic rings. The van der Waals surface area contributed by atoms with Gasteiger partial charge in [-0.2, -0.15) is 0 Å². The summed E-state index contributed by atoms with van der Waals surface area (Å²) in [6.07, 6.45) is 4.33. The first kappa shape index (κ1) is 21.0. The van der Waals surface area contributed by atoms with Crippen LogP contribution in [0.2, 0.25) is 0 Å². The molecule has 0 spiro atoms. The Labute approximate surface area is 152 Å². The highest BCUT2D eigenvalue weighted by Crippen LogP contribution is 2.29. The topological polar surface area (TPSA) is 50.8 Å². The van der Waals surface area contributed by atoms with Crippen molar-refractivity contribution in [1.29, 1.82) is 0 Å². The van der Waals surface area contributed by atoms with Crippen LogP contribution in [-0.4, -0.2) is 50.2 Å². The maximum absolute atomic E-state index is 11.9. The molecule has 0 atom stereocenters. The molecule has 0 saturated heterocycles. The van der Waals surface area contributed by atoms with E-state index in [1.54, 1.807) is 19.3 Å². The lowest BCUT2D eigenvalue weighted by Gasteiger charge is -2.20. The van der Waals surface area contributed by atoms with Gasteiger partial charge < -0.3 is 19.7 Å². The maximum atomic E-state index is 11.9. The number of hydrogen-bond donors (Lipinski definition) is 1. The van der Waals surface area contributed by atoms with E-state index < -0.39 is 0 Å². The molecule has 0 bridgehead atoms. The van der Waals surface area contributed by atoms with Crippen LogP contribution in [0.5, 0.6) is 11.5 Å². The summed E-state index contributed by atoms with van der Waals surface area (Å²) in [5.41, 5.74) is 0.891. The second-order valence-electron chi connectivity index (χ2n) is 6.63. The van der Waals surface area contributed by atoms with Crippen molar-refractivity contribution in [3.05, 3.63) is 29.8 Å². The van der Waals surface area contributed by atoms with Gasteiger partial charge in [0.25, 0.3) is 0 Å². The van der Waals surface area contributed by atoms with Gasteiger partial charge in [0.15, 0.2) is 11.5 Å². The van der Waals surface area contributed by atoms with Crippen LogP contribution in [0.4, 0.5) is 0 Å². The van der Waals surface area contributed by atoms with E-state index in [9.17, 15) is 4.79 Å². The fourth-order valence-corrected chi connectivity index (χ4v) is 2.17. The normalized spacial score (nSPS) is 11.6. The lowest BCUT2D eigenvalue weighted by Crippen LogP contribution is -2.30. The van der Waals surface area contributed by atoms with Gasteiger partial charge in [-0.15, -0.1) is 0 Å². The lowest BCUT2D eigenvalue weighted by atomic mass is 10.2. The summed E-state index contributed by atoms with van der Waals surface area (Å²) in [7, 11) is 3.70. The predicted octanol–water partition coefficient (Wildman–Crippen LogP) is 3.34. The first-order chi connectivity index (χ1) is 11.8. The Morgan fingerprint density at radius 2 is 1.96 bits per heavy atom. The minimum atomic E-state index is -0.0892. The highest BCUT2D eigenvalue weighted by atomic mass is 16.5. The average Bonchev–Trinajstić information content (AvgIpc) is 2.56. The smallest absolute Gasteiger partial charge is 0.243 e. The third kappa shape index (κ3) is 8.07. The minimum Gasteiger partial charge on any atom is -0.493 e. The summed E-state index contributed by atoms with van der Waals surface area (Å²) >= 11 is 0. The average molecular weight is 348 g/mol. The minimum absolute atomic E-state index is 0.0795. The van der Waals surface area contributed by atoms with Crippen molar-refractivity contribution in [1.82, 2.24) is 10.2 Å². The molecule has 140 valence electrons. The number of ether oxygens (including phenoxy) is 2. The summed E-state index contributed by atoms with van der Waals surface area (Å²) in [6, 6.07) is 6.15. The van der Waals surface area contributed by atoms with Gasteiger partial charge in [0, 0.05) is 18.7 Å². The summed E-state index contributed by atoms with van der Waals surface area (Å²) in [5, 5.41) is 2.90. The predicted molar refractivity (Wildman–Crippen MR) is 103 cm³/mol. The number of benzene rings is 1. The van der Waals surface area contributed by atoms with E-state index in [2.05, 4.69) is 31.1 Å². The summed E-state index contributed by atoms with van der Waals surface area (Å²) in [5.74, 6) is 1.27. The van der Waals surface area contributed by atoms with Gasteiger partial charge in [-0.05, 0) is 71.5 Å². The Morgan fingerprint density at radius 1 is 1.24 bits per heavy atom. The van der Waals surface area contributed by atoms with E-state index in [-0.39, 0.29) is 12.0 Å². The Morgan fingerprint density at radius 3 is 2.56 bits per heavy atom. The molecule has 0 unspecified atom stereocenters. The van der Waals surface area contributed by atoms with Gasteiger partial charge in [0.05, 0.1) is 13.2 Å². The molecule has 0 aromatic heterocycles. The van der Waals surface area contributed by atoms with Gasteiger partial charge in [0.2, 0.25) is 5.91 Å². The van der Waals surface area contributed by atoms with Gasteiger partial charge in [-0.1, -0.05) is 6.07 Å². The van der Waals surface area contributed by atoms with E-state index in [4.69, 9.17) is 9.47 Å². The number of nitrogens with one attached hydrogen (secondary N) is 1. The number of hydrogen-bond acceptors (Lipinski definition) is 4. The van der Waals surface area contributed by atoms with E-state index in [0.29, 0.717) is 24.1 Å². The van der Waals surface area contributed by atoms with Crippen molar-refractivity contribution in [2.75, 3.05) is 27.2 Å². The quantitative estimate of drug-likeness (QED) is 0.520. The van der Waals surface area contributed by atoms with Crippen molar-refractivity contribution in [3.8, 4) is 11.5 Å². The van der Waals surface area contributed by atoms with Crippen LogP contribution in [0.15, 0.2) is 24.3 Å². The SMILES string of the molecule is COc1cc(C=CC(=O)NCCCN(C)C(C)C)ccc1OC(C)C. The molecule has 1 N–H and O–H groups in total. The second-order valence-corrected chi connectivity index (χ2v) is 6.63. The zero-order valence-electron chi connectivity index (χ0n) is 16.3. The van der Waals surface area contributed by atoms with Gasteiger partial charge in [-0.3, -0.25) is 4.79 Å². The first-order valence-corrected chi connectivity index (χ1v) is 8.84. The van der Waals surface area contributed by atoms with Crippen LogP contribution in [0, 0.1) is 0 Å². The molecule has 1 aromatic carbocycles. The van der Waals surface area contributed by atoms with E-state index in [1.165, 1.54) is 0 Å². The Kier molecular flexibility index (Phi) is 9.06. The number of methoxy groups -OCH3 is 1. The van der Waals surface area contributed by atoms with E-state index in [0.717, 1.165) is 18.5 Å². The van der Waals surface area contributed by atoms with Gasteiger partial charge in [0.1, 0.15) is 0 Å². The third-order valence-corrected chi connectivity index (χ3v) is 3.85. The second kappa shape index (κ2) is 10.8. The van der Waals surface area contributed by atoms with Crippen LogP contribution in [0.1, 0.15) is 39.7 Å². The molecule has 0 heterocycles. The third-order valence-electron chi connectivity index (χ3n) is 3.85. The van der Waals surface area contributed by atoms with Crippen molar-refractivity contribution in [2.45, 2.75) is 46.3 Å². The van der Waals surface area contributed by atoms with Crippen molar-refractivity contribution in [3.63, 3.8) is 0 Å². The fourth-order valence-electron chi connectivity index (χ4n) is 2.17. The van der Waals surface area contributed by atoms with Crippen LogP contribution in [0.3, 0.4) is 0 Å². The molecular formula is C20H32N2O3. The fraction of sp³-hybridized carbons (Fsp3) is 0.550. The van der Waals surface area contributed by atoms with Gasteiger partial charge >= 0.3 is 0 Å². The highest BCUT2D eigenvalue weighted by molar-refractivity contribution is 5.91. The van der Waals surface area contributed by atoms with Crippen LogP contribution >= 0.6 is 0 Å².